The monoisotopic (exact) mass is 164 g/mol. The van der Waals surface area contributed by atoms with Crippen LogP contribution in [0.25, 0.3) is 0 Å². The van der Waals surface area contributed by atoms with E-state index in [1.54, 1.807) is 12.4 Å². The molecule has 12 heavy (non-hydrogen) atoms. The quantitative estimate of drug-likeness (QED) is 0.670. The number of hydrogen-bond acceptors (Lipinski definition) is 3. The summed E-state index contributed by atoms with van der Waals surface area (Å²) in [6.07, 6.45) is 5.72. The van der Waals surface area contributed by atoms with E-state index in [2.05, 4.69) is 9.97 Å². The first-order valence-corrected chi connectivity index (χ1v) is 4.29. The van der Waals surface area contributed by atoms with Crippen molar-refractivity contribution >= 4 is 0 Å². The van der Waals surface area contributed by atoms with E-state index >= 15 is 0 Å². The van der Waals surface area contributed by atoms with Gasteiger partial charge in [0.05, 0.1) is 13.2 Å². The van der Waals surface area contributed by atoms with E-state index in [0.29, 0.717) is 0 Å². The summed E-state index contributed by atoms with van der Waals surface area (Å²) in [6, 6.07) is 1.84. The molecule has 1 aliphatic heterocycles. The van der Waals surface area contributed by atoms with Crippen LogP contribution in [0.15, 0.2) is 18.5 Å². The number of hydrogen-bond donors (Lipinski definition) is 0. The molecule has 1 saturated heterocycles. The van der Waals surface area contributed by atoms with Crippen LogP contribution >= 0.6 is 0 Å². The molecule has 0 unspecified atom stereocenters. The van der Waals surface area contributed by atoms with Crippen molar-refractivity contribution in [1.82, 2.24) is 9.97 Å². The van der Waals surface area contributed by atoms with Crippen LogP contribution in [0.4, 0.5) is 0 Å². The Balaban J connectivity index is 1.79. The molecular weight excluding hydrogens is 152 g/mol. The van der Waals surface area contributed by atoms with Crippen LogP contribution in [0.2, 0.25) is 0 Å². The Kier molecular flexibility index (Phi) is 2.32. The lowest BCUT2D eigenvalue weighted by Crippen LogP contribution is -2.27. The lowest BCUT2D eigenvalue weighted by Gasteiger charge is -2.25. The van der Waals surface area contributed by atoms with Crippen molar-refractivity contribution in [2.45, 2.75) is 12.8 Å². The Morgan fingerprint density at radius 1 is 1.33 bits per heavy atom. The molecule has 0 saturated carbocycles. The molecule has 2 heterocycles. The molecule has 0 atom stereocenters. The molecule has 0 spiro atoms. The van der Waals surface area contributed by atoms with Gasteiger partial charge in [-0.05, 0) is 12.5 Å². The van der Waals surface area contributed by atoms with Gasteiger partial charge in [0.15, 0.2) is 0 Å². The predicted octanol–water partition coefficient (Wildman–Crippen LogP) is 1.06. The molecule has 0 aromatic carbocycles. The van der Waals surface area contributed by atoms with Crippen molar-refractivity contribution in [3.05, 3.63) is 24.3 Å². The Morgan fingerprint density at radius 3 is 2.67 bits per heavy atom. The normalized spacial score (nSPS) is 17.3. The van der Waals surface area contributed by atoms with Crippen LogP contribution < -0.4 is 0 Å². The Bertz CT molecular complexity index is 234. The van der Waals surface area contributed by atoms with Gasteiger partial charge >= 0.3 is 0 Å². The maximum absolute atomic E-state index is 5.08. The van der Waals surface area contributed by atoms with E-state index in [4.69, 9.17) is 4.74 Å². The summed E-state index contributed by atoms with van der Waals surface area (Å²) in [4.78, 5) is 8.31. The van der Waals surface area contributed by atoms with Crippen LogP contribution in [0.1, 0.15) is 12.2 Å². The first kappa shape index (κ1) is 7.68. The van der Waals surface area contributed by atoms with E-state index in [1.807, 2.05) is 6.07 Å². The second-order valence-electron chi connectivity index (χ2n) is 3.11. The van der Waals surface area contributed by atoms with Crippen molar-refractivity contribution in [3.8, 4) is 0 Å². The maximum atomic E-state index is 5.08. The number of aryl methyl sites for hydroxylation is 1. The fourth-order valence-electron chi connectivity index (χ4n) is 1.24. The number of aromatic nitrogens is 2. The minimum Gasteiger partial charge on any atom is -0.381 e. The van der Waals surface area contributed by atoms with Gasteiger partial charge in [0.25, 0.3) is 0 Å². The molecule has 3 nitrogen and oxygen atoms in total. The van der Waals surface area contributed by atoms with Crippen LogP contribution in [0.5, 0.6) is 0 Å². The predicted molar refractivity (Wildman–Crippen MR) is 44.7 cm³/mol. The lowest BCUT2D eigenvalue weighted by molar-refractivity contribution is -0.0354. The van der Waals surface area contributed by atoms with Crippen molar-refractivity contribution in [2.24, 2.45) is 5.92 Å². The summed E-state index contributed by atoms with van der Waals surface area (Å²) in [6.45, 7) is 1.85. The fraction of sp³-hybridized carbons (Fsp3) is 0.556. The molecule has 0 radical (unpaired) electrons. The van der Waals surface area contributed by atoms with Gasteiger partial charge in [0.2, 0.25) is 0 Å². The van der Waals surface area contributed by atoms with Crippen LogP contribution in [-0.4, -0.2) is 23.2 Å². The SMILES string of the molecule is c1cnc(CCC2COC2)nc1. The highest BCUT2D eigenvalue weighted by Gasteiger charge is 2.17. The van der Waals surface area contributed by atoms with E-state index in [0.717, 1.165) is 37.8 Å². The summed E-state index contributed by atoms with van der Waals surface area (Å²) < 4.78 is 5.08. The number of rotatable bonds is 3. The third kappa shape index (κ3) is 1.80. The van der Waals surface area contributed by atoms with Gasteiger partial charge in [0.1, 0.15) is 5.82 Å². The number of ether oxygens (including phenoxy) is 1. The maximum Gasteiger partial charge on any atom is 0.128 e. The molecule has 1 aromatic rings. The van der Waals surface area contributed by atoms with Crippen molar-refractivity contribution in [2.75, 3.05) is 13.2 Å². The molecule has 1 aromatic heterocycles. The summed E-state index contributed by atoms with van der Waals surface area (Å²) in [5.74, 6) is 1.69. The third-order valence-electron chi connectivity index (χ3n) is 2.10. The Labute approximate surface area is 71.8 Å². The van der Waals surface area contributed by atoms with Gasteiger partial charge in [0, 0.05) is 24.7 Å². The molecule has 0 aliphatic carbocycles. The smallest absolute Gasteiger partial charge is 0.128 e. The van der Waals surface area contributed by atoms with E-state index in [1.165, 1.54) is 0 Å². The van der Waals surface area contributed by atoms with Crippen LogP contribution in [0, 0.1) is 5.92 Å². The van der Waals surface area contributed by atoms with Gasteiger partial charge in [-0.2, -0.15) is 0 Å². The topological polar surface area (TPSA) is 35.0 Å². The third-order valence-corrected chi connectivity index (χ3v) is 2.10. The van der Waals surface area contributed by atoms with E-state index in [9.17, 15) is 0 Å². The minimum absolute atomic E-state index is 0.744. The largest absolute Gasteiger partial charge is 0.381 e. The molecule has 0 N–H and O–H groups in total. The summed E-state index contributed by atoms with van der Waals surface area (Å²) in [5.41, 5.74) is 0. The second kappa shape index (κ2) is 3.63. The standard InChI is InChI=1S/C9H12N2O/c1-4-10-9(11-5-1)3-2-8-6-12-7-8/h1,4-5,8H,2-3,6-7H2. The molecule has 2 rings (SSSR count). The zero-order valence-corrected chi connectivity index (χ0v) is 6.94. The number of nitrogens with zero attached hydrogens (tertiary/aromatic N) is 2. The summed E-state index contributed by atoms with van der Waals surface area (Å²) in [7, 11) is 0. The molecule has 1 aliphatic rings. The van der Waals surface area contributed by atoms with E-state index in [-0.39, 0.29) is 0 Å². The van der Waals surface area contributed by atoms with Crippen molar-refractivity contribution in [3.63, 3.8) is 0 Å². The molecule has 1 fully saturated rings. The summed E-state index contributed by atoms with van der Waals surface area (Å²) in [5, 5.41) is 0. The zero-order valence-electron chi connectivity index (χ0n) is 6.94. The fourth-order valence-corrected chi connectivity index (χ4v) is 1.24. The van der Waals surface area contributed by atoms with Crippen molar-refractivity contribution < 1.29 is 4.74 Å². The molecular formula is C9H12N2O. The highest BCUT2D eigenvalue weighted by molar-refractivity contribution is 4.89. The Hall–Kier alpha value is -0.960. The zero-order chi connectivity index (χ0) is 8.23. The molecule has 64 valence electrons. The first-order valence-electron chi connectivity index (χ1n) is 4.29. The first-order chi connectivity index (χ1) is 5.95. The van der Waals surface area contributed by atoms with Gasteiger partial charge in [-0.15, -0.1) is 0 Å². The highest BCUT2D eigenvalue weighted by Crippen LogP contribution is 2.15. The van der Waals surface area contributed by atoms with E-state index < -0.39 is 0 Å². The van der Waals surface area contributed by atoms with Crippen molar-refractivity contribution in [1.29, 1.82) is 0 Å². The Morgan fingerprint density at radius 2 is 2.08 bits per heavy atom. The summed E-state index contributed by atoms with van der Waals surface area (Å²) >= 11 is 0. The molecule has 3 heteroatoms. The molecule has 0 bridgehead atoms. The second-order valence-corrected chi connectivity index (χ2v) is 3.11. The van der Waals surface area contributed by atoms with Gasteiger partial charge in [-0.25, -0.2) is 9.97 Å². The van der Waals surface area contributed by atoms with Crippen LogP contribution in [0.3, 0.4) is 0 Å². The van der Waals surface area contributed by atoms with Gasteiger partial charge in [-0.1, -0.05) is 0 Å². The lowest BCUT2D eigenvalue weighted by atomic mass is 10.0. The van der Waals surface area contributed by atoms with Gasteiger partial charge in [-0.3, -0.25) is 0 Å². The molecule has 0 amide bonds. The van der Waals surface area contributed by atoms with Gasteiger partial charge < -0.3 is 4.74 Å². The average Bonchev–Trinajstić information content (AvgIpc) is 2.04. The minimum atomic E-state index is 0.744. The van der Waals surface area contributed by atoms with Crippen LogP contribution in [-0.2, 0) is 11.2 Å². The average molecular weight is 164 g/mol. The highest BCUT2D eigenvalue weighted by atomic mass is 16.5.